The van der Waals surface area contributed by atoms with Crippen LogP contribution in [0.5, 0.6) is 0 Å². The van der Waals surface area contributed by atoms with Gasteiger partial charge in [-0.25, -0.2) is 12.8 Å². The molecule has 1 aromatic carbocycles. The van der Waals surface area contributed by atoms with Gasteiger partial charge in [0.1, 0.15) is 10.7 Å². The second kappa shape index (κ2) is 7.02. The highest BCUT2D eigenvalue weighted by Crippen LogP contribution is 2.24. The first-order chi connectivity index (χ1) is 10.0. The number of hydrogen-bond acceptors (Lipinski definition) is 4. The van der Waals surface area contributed by atoms with Gasteiger partial charge in [-0.2, -0.15) is 0 Å². The molecule has 0 radical (unpaired) electrons. The quantitative estimate of drug-likeness (QED) is 0.768. The Morgan fingerprint density at radius 3 is 2.57 bits per heavy atom. The summed E-state index contributed by atoms with van der Waals surface area (Å²) in [6.07, 6.45) is 0.987. The van der Waals surface area contributed by atoms with E-state index in [1.807, 2.05) is 0 Å². The lowest BCUT2D eigenvalue weighted by atomic mass is 10.3. The van der Waals surface area contributed by atoms with Gasteiger partial charge in [-0.15, -0.1) is 11.3 Å². The molecule has 0 atom stereocenters. The minimum absolute atomic E-state index is 0.264. The summed E-state index contributed by atoms with van der Waals surface area (Å²) in [7, 11) is -3.65. The van der Waals surface area contributed by atoms with Crippen LogP contribution in [-0.4, -0.2) is 15.0 Å². The van der Waals surface area contributed by atoms with Gasteiger partial charge in [-0.1, -0.05) is 6.92 Å². The van der Waals surface area contributed by atoms with E-state index in [2.05, 4.69) is 17.0 Å². The molecule has 2 N–H and O–H groups in total. The molecule has 1 aromatic heterocycles. The average molecular weight is 328 g/mol. The predicted molar refractivity (Wildman–Crippen MR) is 83.5 cm³/mol. The molecule has 2 rings (SSSR count). The van der Waals surface area contributed by atoms with E-state index in [0.717, 1.165) is 17.8 Å². The maximum Gasteiger partial charge on any atom is 0.263 e. The van der Waals surface area contributed by atoms with Crippen molar-refractivity contribution >= 4 is 27.0 Å². The Morgan fingerprint density at radius 2 is 1.90 bits per heavy atom. The van der Waals surface area contributed by atoms with Crippen LogP contribution in [0.15, 0.2) is 40.6 Å². The summed E-state index contributed by atoms with van der Waals surface area (Å²) in [6.45, 7) is 3.41. The van der Waals surface area contributed by atoms with Crippen LogP contribution >= 0.6 is 11.3 Å². The summed E-state index contributed by atoms with van der Waals surface area (Å²) in [5.74, 6) is -0.405. The van der Waals surface area contributed by atoms with Gasteiger partial charge in [-0.3, -0.25) is 4.72 Å². The third-order valence-corrected chi connectivity index (χ3v) is 5.32. The van der Waals surface area contributed by atoms with E-state index in [-0.39, 0.29) is 4.90 Å². The van der Waals surface area contributed by atoms with Crippen LogP contribution in [0.1, 0.15) is 18.2 Å². The zero-order chi connectivity index (χ0) is 15.3. The van der Waals surface area contributed by atoms with Crippen molar-refractivity contribution in [3.8, 4) is 0 Å². The van der Waals surface area contributed by atoms with Gasteiger partial charge in [0, 0.05) is 17.1 Å². The average Bonchev–Trinajstić information content (AvgIpc) is 2.91. The van der Waals surface area contributed by atoms with E-state index in [4.69, 9.17) is 0 Å². The van der Waals surface area contributed by atoms with Crippen LogP contribution in [0.4, 0.5) is 10.1 Å². The Hall–Kier alpha value is -1.44. The zero-order valence-electron chi connectivity index (χ0n) is 11.6. The summed E-state index contributed by atoms with van der Waals surface area (Å²) >= 11 is 1.40. The first-order valence-corrected chi connectivity index (χ1v) is 8.94. The summed E-state index contributed by atoms with van der Waals surface area (Å²) in [5, 5.41) is 4.94. The molecule has 0 saturated heterocycles. The fraction of sp³-hybridized carbons (Fsp3) is 0.286. The Bertz CT molecular complexity index is 681. The van der Waals surface area contributed by atoms with Gasteiger partial charge in [0.2, 0.25) is 0 Å². The zero-order valence-corrected chi connectivity index (χ0v) is 13.2. The molecule has 1 heterocycles. The molecule has 0 aliphatic carbocycles. The van der Waals surface area contributed by atoms with Gasteiger partial charge in [-0.05, 0) is 48.7 Å². The van der Waals surface area contributed by atoms with Crippen molar-refractivity contribution in [2.45, 2.75) is 24.8 Å². The normalized spacial score (nSPS) is 11.5. The van der Waals surface area contributed by atoms with E-state index in [0.29, 0.717) is 12.2 Å². The number of hydrogen-bond donors (Lipinski definition) is 2. The summed E-state index contributed by atoms with van der Waals surface area (Å²) in [5.41, 5.74) is 0.343. The number of nitrogens with one attached hydrogen (secondary N) is 2. The van der Waals surface area contributed by atoms with Crippen LogP contribution in [0.3, 0.4) is 0 Å². The van der Waals surface area contributed by atoms with Crippen molar-refractivity contribution in [2.75, 3.05) is 11.3 Å². The molecular formula is C14H17FN2O2S2. The van der Waals surface area contributed by atoms with Crippen molar-refractivity contribution < 1.29 is 12.8 Å². The molecule has 0 saturated carbocycles. The number of anilines is 1. The molecule has 0 aliphatic rings. The molecule has 4 nitrogen and oxygen atoms in total. The van der Waals surface area contributed by atoms with Crippen molar-refractivity contribution in [3.05, 3.63) is 46.4 Å². The van der Waals surface area contributed by atoms with Gasteiger partial charge in [0.15, 0.2) is 0 Å². The number of sulfonamides is 1. The molecule has 0 aliphatic heterocycles. The summed E-state index contributed by atoms with van der Waals surface area (Å²) in [4.78, 5) is 1.03. The van der Waals surface area contributed by atoms with E-state index in [9.17, 15) is 12.8 Å². The predicted octanol–water partition coefficient (Wildman–Crippen LogP) is 3.19. The van der Waals surface area contributed by atoms with Gasteiger partial charge in [0.25, 0.3) is 10.0 Å². The lowest BCUT2D eigenvalue weighted by Crippen LogP contribution is -2.18. The SMILES string of the molecule is CCCNCc1sccc1S(=O)(=O)Nc1ccc(F)cc1. The van der Waals surface area contributed by atoms with Crippen molar-refractivity contribution in [2.24, 2.45) is 0 Å². The number of benzene rings is 1. The van der Waals surface area contributed by atoms with E-state index in [1.165, 1.54) is 35.6 Å². The lowest BCUT2D eigenvalue weighted by Gasteiger charge is -2.09. The first-order valence-electron chi connectivity index (χ1n) is 6.58. The molecule has 0 spiro atoms. The number of thiophene rings is 1. The van der Waals surface area contributed by atoms with Crippen molar-refractivity contribution in [1.29, 1.82) is 0 Å². The fourth-order valence-corrected chi connectivity index (χ4v) is 4.28. The topological polar surface area (TPSA) is 58.2 Å². The van der Waals surface area contributed by atoms with Crippen molar-refractivity contribution in [1.82, 2.24) is 5.32 Å². The molecule has 0 fully saturated rings. The molecule has 21 heavy (non-hydrogen) atoms. The molecule has 114 valence electrons. The highest BCUT2D eigenvalue weighted by molar-refractivity contribution is 7.93. The van der Waals surface area contributed by atoms with E-state index in [1.54, 1.807) is 11.4 Å². The monoisotopic (exact) mass is 328 g/mol. The van der Waals surface area contributed by atoms with Gasteiger partial charge < -0.3 is 5.32 Å². The van der Waals surface area contributed by atoms with Crippen LogP contribution in [-0.2, 0) is 16.6 Å². The maximum absolute atomic E-state index is 12.8. The van der Waals surface area contributed by atoms with Gasteiger partial charge in [0.05, 0.1) is 0 Å². The first kappa shape index (κ1) is 15.9. The van der Waals surface area contributed by atoms with E-state index < -0.39 is 15.8 Å². The third-order valence-electron chi connectivity index (χ3n) is 2.80. The molecule has 7 heteroatoms. The summed E-state index contributed by atoms with van der Waals surface area (Å²) in [6, 6.07) is 6.81. The number of halogens is 1. The van der Waals surface area contributed by atoms with Crippen LogP contribution in [0.25, 0.3) is 0 Å². The highest BCUT2D eigenvalue weighted by atomic mass is 32.2. The Morgan fingerprint density at radius 1 is 1.19 bits per heavy atom. The molecule has 2 aromatic rings. The molecule has 0 unspecified atom stereocenters. The second-order valence-corrected chi connectivity index (χ2v) is 7.15. The Balaban J connectivity index is 2.16. The van der Waals surface area contributed by atoms with Gasteiger partial charge >= 0.3 is 0 Å². The largest absolute Gasteiger partial charge is 0.312 e. The second-order valence-electron chi connectivity index (χ2n) is 4.50. The highest BCUT2D eigenvalue weighted by Gasteiger charge is 2.19. The van der Waals surface area contributed by atoms with Crippen LogP contribution in [0.2, 0.25) is 0 Å². The maximum atomic E-state index is 12.8. The van der Waals surface area contributed by atoms with Crippen molar-refractivity contribution in [3.63, 3.8) is 0 Å². The fourth-order valence-electron chi connectivity index (χ4n) is 1.80. The standard InChI is InChI=1S/C14H17FN2O2S2/c1-2-8-16-10-13-14(7-9-20-13)21(18,19)17-12-5-3-11(15)4-6-12/h3-7,9,16-17H,2,8,10H2,1H3. The molecular weight excluding hydrogens is 311 g/mol. The lowest BCUT2D eigenvalue weighted by molar-refractivity contribution is 0.598. The minimum Gasteiger partial charge on any atom is -0.312 e. The van der Waals surface area contributed by atoms with E-state index >= 15 is 0 Å². The molecule has 0 bridgehead atoms. The van der Waals surface area contributed by atoms with Crippen LogP contribution < -0.4 is 10.0 Å². The number of rotatable bonds is 7. The smallest absolute Gasteiger partial charge is 0.263 e. The molecule has 0 amide bonds. The summed E-state index contributed by atoms with van der Waals surface area (Å²) < 4.78 is 40.1. The Kier molecular flexibility index (Phi) is 5.33. The minimum atomic E-state index is -3.65. The van der Waals surface area contributed by atoms with Crippen LogP contribution in [0, 0.1) is 5.82 Å². The third kappa shape index (κ3) is 4.26. The Labute approximate surface area is 128 Å².